The van der Waals surface area contributed by atoms with E-state index in [9.17, 15) is 26.3 Å². The van der Waals surface area contributed by atoms with E-state index in [0.29, 0.717) is 29.7 Å². The molecule has 0 bridgehead atoms. The van der Waals surface area contributed by atoms with Gasteiger partial charge in [-0.2, -0.15) is 13.2 Å². The van der Waals surface area contributed by atoms with Crippen LogP contribution in [0.15, 0.2) is 70.2 Å². The van der Waals surface area contributed by atoms with Crippen LogP contribution in [0.25, 0.3) is 5.57 Å². The van der Waals surface area contributed by atoms with Crippen molar-refractivity contribution in [1.82, 2.24) is 0 Å². The van der Waals surface area contributed by atoms with Crippen LogP contribution in [0.4, 0.5) is 26.3 Å². The fourth-order valence-corrected chi connectivity index (χ4v) is 2.74. The number of benzene rings is 1. The van der Waals surface area contributed by atoms with Crippen LogP contribution in [-0.2, 0) is 4.74 Å². The Labute approximate surface area is 188 Å². The van der Waals surface area contributed by atoms with E-state index in [4.69, 9.17) is 10.5 Å². The zero-order valence-corrected chi connectivity index (χ0v) is 18.6. The van der Waals surface area contributed by atoms with Gasteiger partial charge in [-0.05, 0) is 50.1 Å². The SMILES string of the molecule is C\C=C(OC)/C(=C\C(=C/C)C(F)(F)F)N=CC(=C(N)CCC)c1ccc(OC(F)(F)F)cc1. The van der Waals surface area contributed by atoms with Gasteiger partial charge >= 0.3 is 12.5 Å². The summed E-state index contributed by atoms with van der Waals surface area (Å²) in [5.41, 5.74) is 6.25. The van der Waals surface area contributed by atoms with E-state index in [2.05, 4.69) is 9.73 Å². The summed E-state index contributed by atoms with van der Waals surface area (Å²) < 4.78 is 86.0. The number of nitrogens with two attached hydrogens (primary N) is 1. The molecule has 0 fully saturated rings. The van der Waals surface area contributed by atoms with E-state index in [1.807, 2.05) is 6.92 Å². The monoisotopic (exact) mass is 476 g/mol. The van der Waals surface area contributed by atoms with E-state index < -0.39 is 23.9 Å². The lowest BCUT2D eigenvalue weighted by Gasteiger charge is -2.13. The van der Waals surface area contributed by atoms with Gasteiger partial charge in [0.2, 0.25) is 0 Å². The number of alkyl halides is 6. The van der Waals surface area contributed by atoms with E-state index in [1.54, 1.807) is 6.92 Å². The Kier molecular flexibility index (Phi) is 10.3. The normalized spacial score (nSPS) is 15.0. The van der Waals surface area contributed by atoms with Gasteiger partial charge in [-0.3, -0.25) is 4.99 Å². The molecule has 0 saturated carbocycles. The Morgan fingerprint density at radius 2 is 1.64 bits per heavy atom. The number of aliphatic imine (C=N–C) groups is 1. The van der Waals surface area contributed by atoms with E-state index in [-0.39, 0.29) is 11.5 Å². The fraction of sp³-hybridized carbons (Fsp3) is 0.348. The number of rotatable bonds is 9. The molecule has 2 N–H and O–H groups in total. The van der Waals surface area contributed by atoms with Crippen LogP contribution >= 0.6 is 0 Å². The van der Waals surface area contributed by atoms with Crippen molar-refractivity contribution in [3.63, 3.8) is 0 Å². The summed E-state index contributed by atoms with van der Waals surface area (Å²) >= 11 is 0. The Morgan fingerprint density at radius 1 is 1.03 bits per heavy atom. The van der Waals surface area contributed by atoms with Crippen LogP contribution in [0.3, 0.4) is 0 Å². The highest BCUT2D eigenvalue weighted by atomic mass is 19.4. The zero-order chi connectivity index (χ0) is 25.2. The first-order chi connectivity index (χ1) is 15.4. The van der Waals surface area contributed by atoms with Gasteiger partial charge in [0.15, 0.2) is 0 Å². The molecule has 0 aliphatic carbocycles. The van der Waals surface area contributed by atoms with Crippen molar-refractivity contribution < 1.29 is 35.8 Å². The minimum atomic E-state index is -4.84. The summed E-state index contributed by atoms with van der Waals surface area (Å²) in [6.07, 6.45) is -3.88. The second-order valence-corrected chi connectivity index (χ2v) is 6.65. The summed E-state index contributed by atoms with van der Waals surface area (Å²) in [4.78, 5) is 4.18. The molecule has 0 aliphatic heterocycles. The first-order valence-corrected chi connectivity index (χ1v) is 9.91. The highest BCUT2D eigenvalue weighted by Gasteiger charge is 2.32. The molecule has 1 aromatic rings. The van der Waals surface area contributed by atoms with Crippen molar-refractivity contribution in [1.29, 1.82) is 0 Å². The van der Waals surface area contributed by atoms with Gasteiger partial charge in [0.25, 0.3) is 0 Å². The number of allylic oxidation sites excluding steroid dienone is 6. The molecule has 0 aromatic heterocycles. The number of nitrogens with zero attached hydrogens (tertiary/aromatic N) is 1. The van der Waals surface area contributed by atoms with Crippen molar-refractivity contribution >= 4 is 11.8 Å². The van der Waals surface area contributed by atoms with Crippen LogP contribution in [0.2, 0.25) is 0 Å². The Morgan fingerprint density at radius 3 is 2.06 bits per heavy atom. The summed E-state index contributed by atoms with van der Waals surface area (Å²) in [5.74, 6) is -0.326. The largest absolute Gasteiger partial charge is 0.573 e. The highest BCUT2D eigenvalue weighted by Crippen LogP contribution is 2.30. The highest BCUT2D eigenvalue weighted by molar-refractivity contribution is 6.11. The van der Waals surface area contributed by atoms with Crippen LogP contribution in [0.1, 0.15) is 39.2 Å². The Balaban J connectivity index is 3.51. The average molecular weight is 476 g/mol. The van der Waals surface area contributed by atoms with Crippen molar-refractivity contribution in [3.8, 4) is 5.75 Å². The minimum absolute atomic E-state index is 0.0946. The summed E-state index contributed by atoms with van der Waals surface area (Å²) in [5, 5.41) is 0. The molecule has 0 saturated heterocycles. The van der Waals surface area contributed by atoms with Crippen molar-refractivity contribution in [2.24, 2.45) is 10.7 Å². The number of halogens is 6. The van der Waals surface area contributed by atoms with Gasteiger partial charge in [0, 0.05) is 17.5 Å². The lowest BCUT2D eigenvalue weighted by Crippen LogP contribution is -2.17. The third kappa shape index (κ3) is 9.07. The minimum Gasteiger partial charge on any atom is -0.495 e. The molecule has 0 atom stereocenters. The summed E-state index contributed by atoms with van der Waals surface area (Å²) in [6, 6.07) is 4.93. The second kappa shape index (κ2) is 12.2. The maximum atomic E-state index is 13.3. The zero-order valence-electron chi connectivity index (χ0n) is 18.6. The maximum absolute atomic E-state index is 13.3. The fourth-order valence-electron chi connectivity index (χ4n) is 2.74. The lowest BCUT2D eigenvalue weighted by atomic mass is 10.0. The van der Waals surface area contributed by atoms with E-state index in [0.717, 1.165) is 24.3 Å². The molecule has 0 aliphatic rings. The van der Waals surface area contributed by atoms with Gasteiger partial charge < -0.3 is 15.2 Å². The standard InChI is InChI=1S/C23H26F6N2O2/c1-5-8-19(30)18(15-9-11-17(12-10-15)33-23(27,28)29)14-31-20(21(7-3)32-4)13-16(6-2)22(24,25)26/h6-7,9-14H,5,8,30H2,1-4H3/b16-6+,19-18?,20-13+,21-7+,31-14?. The van der Waals surface area contributed by atoms with Gasteiger partial charge in [-0.15, -0.1) is 13.2 Å². The number of hydrogen-bond donors (Lipinski definition) is 1. The Bertz CT molecular complexity index is 937. The number of hydrogen-bond acceptors (Lipinski definition) is 4. The molecule has 4 nitrogen and oxygen atoms in total. The first-order valence-electron chi connectivity index (χ1n) is 9.91. The smallest absolute Gasteiger partial charge is 0.495 e. The molecule has 0 unspecified atom stereocenters. The molecule has 1 aromatic carbocycles. The summed E-state index contributed by atoms with van der Waals surface area (Å²) in [6.45, 7) is 4.70. The van der Waals surface area contributed by atoms with Crippen molar-refractivity contribution in [3.05, 3.63) is 70.8 Å². The molecule has 182 valence electrons. The van der Waals surface area contributed by atoms with E-state index >= 15 is 0 Å². The molecule has 0 heterocycles. The molecule has 0 spiro atoms. The third-order valence-electron chi connectivity index (χ3n) is 4.26. The molecule has 0 radical (unpaired) electrons. The Hall–Kier alpha value is -3.17. The number of methoxy groups -OCH3 is 1. The average Bonchev–Trinajstić information content (AvgIpc) is 2.71. The van der Waals surface area contributed by atoms with Crippen molar-refractivity contribution in [2.45, 2.75) is 46.2 Å². The molecule has 0 amide bonds. The lowest BCUT2D eigenvalue weighted by molar-refractivity contribution is -0.274. The maximum Gasteiger partial charge on any atom is 0.573 e. The topological polar surface area (TPSA) is 56.8 Å². The van der Waals surface area contributed by atoms with Gasteiger partial charge in [-0.1, -0.05) is 31.6 Å². The molecular weight excluding hydrogens is 450 g/mol. The number of ether oxygens (including phenoxy) is 2. The van der Waals surface area contributed by atoms with Crippen molar-refractivity contribution in [2.75, 3.05) is 7.11 Å². The van der Waals surface area contributed by atoms with Gasteiger partial charge in [0.1, 0.15) is 17.2 Å². The predicted octanol–water partition coefficient (Wildman–Crippen LogP) is 7.07. The van der Waals surface area contributed by atoms with Crippen LogP contribution in [0, 0.1) is 0 Å². The first kappa shape index (κ1) is 27.9. The third-order valence-corrected chi connectivity index (χ3v) is 4.26. The van der Waals surface area contributed by atoms with Gasteiger partial charge in [0.05, 0.1) is 12.7 Å². The quantitative estimate of drug-likeness (QED) is 0.180. The summed E-state index contributed by atoms with van der Waals surface area (Å²) in [7, 11) is 1.29. The van der Waals surface area contributed by atoms with E-state index in [1.165, 1.54) is 38.5 Å². The van der Waals surface area contributed by atoms with Crippen LogP contribution in [-0.4, -0.2) is 25.9 Å². The molecule has 10 heteroatoms. The second-order valence-electron chi connectivity index (χ2n) is 6.65. The molecule has 33 heavy (non-hydrogen) atoms. The van der Waals surface area contributed by atoms with Crippen LogP contribution in [0.5, 0.6) is 5.75 Å². The molecular formula is C23H26F6N2O2. The molecule has 1 rings (SSSR count). The predicted molar refractivity (Wildman–Crippen MR) is 116 cm³/mol. The van der Waals surface area contributed by atoms with Gasteiger partial charge in [-0.25, -0.2) is 0 Å². The van der Waals surface area contributed by atoms with Crippen LogP contribution < -0.4 is 10.5 Å².